The number of amides is 1. The Kier molecular flexibility index (Phi) is 3.90. The van der Waals surface area contributed by atoms with Gasteiger partial charge in [-0.2, -0.15) is 5.10 Å². The Morgan fingerprint density at radius 3 is 2.90 bits per heavy atom. The number of carbonyl (C=O) groups is 1. The van der Waals surface area contributed by atoms with Crippen LogP contribution in [0.2, 0.25) is 0 Å². The molecule has 0 saturated carbocycles. The van der Waals surface area contributed by atoms with Crippen LogP contribution in [0, 0.1) is 17.0 Å². The molecule has 7 nitrogen and oxygen atoms in total. The fourth-order valence-corrected chi connectivity index (χ4v) is 1.56. The van der Waals surface area contributed by atoms with Gasteiger partial charge in [0.1, 0.15) is 5.76 Å². The van der Waals surface area contributed by atoms with Crippen LogP contribution in [0.5, 0.6) is 0 Å². The molecule has 0 saturated heterocycles. The normalized spacial score (nSPS) is 10.7. The van der Waals surface area contributed by atoms with Gasteiger partial charge in [0.25, 0.3) is 11.6 Å². The molecule has 102 valence electrons. The largest absolute Gasteiger partial charge is 0.469 e. The van der Waals surface area contributed by atoms with Crippen molar-refractivity contribution in [3.05, 3.63) is 63.6 Å². The van der Waals surface area contributed by atoms with Gasteiger partial charge in [0, 0.05) is 17.7 Å². The second-order valence-electron chi connectivity index (χ2n) is 3.94. The molecule has 1 N–H and O–H groups in total. The number of hydrogen-bond donors (Lipinski definition) is 1. The average molecular weight is 273 g/mol. The number of nitrogens with zero attached hydrogens (tertiary/aromatic N) is 2. The maximum absolute atomic E-state index is 11.7. The molecule has 0 aliphatic heterocycles. The minimum Gasteiger partial charge on any atom is -0.469 e. The number of nitro groups is 1. The van der Waals surface area contributed by atoms with Crippen molar-refractivity contribution < 1.29 is 14.1 Å². The first-order valence-electron chi connectivity index (χ1n) is 5.70. The van der Waals surface area contributed by atoms with Crippen molar-refractivity contribution in [2.75, 3.05) is 0 Å². The van der Waals surface area contributed by atoms with Gasteiger partial charge in [-0.15, -0.1) is 0 Å². The number of rotatable bonds is 4. The van der Waals surface area contributed by atoms with Crippen LogP contribution >= 0.6 is 0 Å². The van der Waals surface area contributed by atoms with E-state index in [0.29, 0.717) is 16.9 Å². The third-order valence-corrected chi connectivity index (χ3v) is 2.56. The molecule has 0 aliphatic rings. The average Bonchev–Trinajstić information content (AvgIpc) is 2.85. The lowest BCUT2D eigenvalue weighted by Gasteiger charge is -1.97. The summed E-state index contributed by atoms with van der Waals surface area (Å²) in [6, 6.07) is 7.46. The molecule has 0 bridgehead atoms. The van der Waals surface area contributed by atoms with Gasteiger partial charge in [-0.1, -0.05) is 12.1 Å². The van der Waals surface area contributed by atoms with Gasteiger partial charge in [0.2, 0.25) is 0 Å². The summed E-state index contributed by atoms with van der Waals surface area (Å²) in [7, 11) is 0. The van der Waals surface area contributed by atoms with Crippen LogP contribution in [0.25, 0.3) is 0 Å². The molecule has 7 heteroatoms. The number of nitro benzene ring substituents is 1. The van der Waals surface area contributed by atoms with Gasteiger partial charge in [-0.05, 0) is 13.0 Å². The van der Waals surface area contributed by atoms with E-state index in [4.69, 9.17) is 4.42 Å². The molecule has 2 aromatic rings. The highest BCUT2D eigenvalue weighted by molar-refractivity contribution is 5.95. The van der Waals surface area contributed by atoms with Crippen LogP contribution in [0.4, 0.5) is 5.69 Å². The molecule has 1 amide bonds. The molecule has 0 radical (unpaired) electrons. The molecule has 0 spiro atoms. The summed E-state index contributed by atoms with van der Waals surface area (Å²) in [5, 5.41) is 14.4. The summed E-state index contributed by atoms with van der Waals surface area (Å²) in [6.45, 7) is 1.67. The molecule has 2 rings (SSSR count). The van der Waals surface area contributed by atoms with E-state index in [2.05, 4.69) is 10.5 Å². The Hall–Kier alpha value is -2.96. The number of hydrogen-bond acceptors (Lipinski definition) is 5. The quantitative estimate of drug-likeness (QED) is 0.524. The fraction of sp³-hybridized carbons (Fsp3) is 0.0769. The number of non-ortho nitro benzene ring substituents is 1. The Labute approximate surface area is 114 Å². The molecular formula is C13H11N3O4. The van der Waals surface area contributed by atoms with Gasteiger partial charge in [-0.3, -0.25) is 14.9 Å². The van der Waals surface area contributed by atoms with Crippen LogP contribution in [0.1, 0.15) is 21.7 Å². The zero-order valence-electron chi connectivity index (χ0n) is 10.6. The molecule has 0 unspecified atom stereocenters. The number of furan rings is 1. The molecule has 0 aliphatic carbocycles. The highest BCUT2D eigenvalue weighted by Crippen LogP contribution is 2.11. The Morgan fingerprint density at radius 2 is 2.25 bits per heavy atom. The van der Waals surface area contributed by atoms with Crippen molar-refractivity contribution >= 4 is 17.8 Å². The van der Waals surface area contributed by atoms with Crippen molar-refractivity contribution in [2.24, 2.45) is 5.10 Å². The lowest BCUT2D eigenvalue weighted by Crippen LogP contribution is -2.17. The predicted molar refractivity (Wildman–Crippen MR) is 71.6 cm³/mol. The Balaban J connectivity index is 2.04. The number of benzene rings is 1. The van der Waals surface area contributed by atoms with Crippen LogP contribution in [0.15, 0.2) is 46.1 Å². The summed E-state index contributed by atoms with van der Waals surface area (Å²) < 4.78 is 5.00. The fourth-order valence-electron chi connectivity index (χ4n) is 1.56. The van der Waals surface area contributed by atoms with Crippen molar-refractivity contribution in [1.82, 2.24) is 5.43 Å². The number of hydrazone groups is 1. The van der Waals surface area contributed by atoms with Gasteiger partial charge in [-0.25, -0.2) is 5.43 Å². The van der Waals surface area contributed by atoms with Gasteiger partial charge < -0.3 is 4.42 Å². The van der Waals surface area contributed by atoms with E-state index >= 15 is 0 Å². The van der Waals surface area contributed by atoms with E-state index in [9.17, 15) is 14.9 Å². The molecule has 1 aromatic heterocycles. The van der Waals surface area contributed by atoms with Gasteiger partial charge >= 0.3 is 0 Å². The van der Waals surface area contributed by atoms with Crippen molar-refractivity contribution in [3.63, 3.8) is 0 Å². The Morgan fingerprint density at radius 1 is 1.45 bits per heavy atom. The maximum atomic E-state index is 11.7. The second kappa shape index (κ2) is 5.79. The zero-order valence-corrected chi connectivity index (χ0v) is 10.6. The summed E-state index contributed by atoms with van der Waals surface area (Å²) >= 11 is 0. The molecule has 1 heterocycles. The summed E-state index contributed by atoms with van der Waals surface area (Å²) in [4.78, 5) is 21.8. The number of aryl methyl sites for hydroxylation is 1. The molecule has 0 fully saturated rings. The van der Waals surface area contributed by atoms with Crippen molar-refractivity contribution in [1.29, 1.82) is 0 Å². The lowest BCUT2D eigenvalue weighted by atomic mass is 10.2. The van der Waals surface area contributed by atoms with Crippen LogP contribution in [-0.4, -0.2) is 17.0 Å². The first-order valence-corrected chi connectivity index (χ1v) is 5.70. The van der Waals surface area contributed by atoms with E-state index < -0.39 is 10.8 Å². The molecular weight excluding hydrogens is 262 g/mol. The summed E-state index contributed by atoms with van der Waals surface area (Å²) in [5.41, 5.74) is 3.19. The minimum atomic E-state index is -0.495. The first kappa shape index (κ1) is 13.5. The van der Waals surface area contributed by atoms with Crippen LogP contribution in [0.3, 0.4) is 0 Å². The van der Waals surface area contributed by atoms with Crippen LogP contribution < -0.4 is 5.43 Å². The zero-order chi connectivity index (χ0) is 14.5. The lowest BCUT2D eigenvalue weighted by molar-refractivity contribution is -0.384. The minimum absolute atomic E-state index is 0.0362. The molecule has 1 aromatic carbocycles. The third-order valence-electron chi connectivity index (χ3n) is 2.56. The highest BCUT2D eigenvalue weighted by Gasteiger charge is 2.10. The third kappa shape index (κ3) is 3.08. The topological polar surface area (TPSA) is 97.7 Å². The van der Waals surface area contributed by atoms with E-state index in [1.165, 1.54) is 30.7 Å². The number of carbonyl (C=O) groups excluding carboxylic acids is 1. The standard InChI is InChI=1S/C13H11N3O4/c1-9-12(5-6-20-9)13(17)15-14-8-10-3-2-4-11(7-10)16(18)19/h2-8H,1H3,(H,15,17). The smallest absolute Gasteiger partial charge is 0.274 e. The summed E-state index contributed by atoms with van der Waals surface area (Å²) in [6.07, 6.45) is 2.74. The predicted octanol–water partition coefficient (Wildman–Crippen LogP) is 2.26. The van der Waals surface area contributed by atoms with E-state index in [1.807, 2.05) is 0 Å². The van der Waals surface area contributed by atoms with E-state index in [0.717, 1.165) is 0 Å². The maximum Gasteiger partial charge on any atom is 0.274 e. The van der Waals surface area contributed by atoms with E-state index in [-0.39, 0.29) is 5.69 Å². The van der Waals surface area contributed by atoms with Crippen LogP contribution in [-0.2, 0) is 0 Å². The van der Waals surface area contributed by atoms with Crippen molar-refractivity contribution in [3.8, 4) is 0 Å². The van der Waals surface area contributed by atoms with E-state index in [1.54, 1.807) is 19.1 Å². The Bertz CT molecular complexity index is 676. The van der Waals surface area contributed by atoms with Gasteiger partial charge in [0.15, 0.2) is 0 Å². The summed E-state index contributed by atoms with van der Waals surface area (Å²) in [5.74, 6) is 0.0889. The molecule has 0 atom stereocenters. The van der Waals surface area contributed by atoms with Crippen molar-refractivity contribution in [2.45, 2.75) is 6.92 Å². The van der Waals surface area contributed by atoms with Gasteiger partial charge in [0.05, 0.1) is 23.0 Å². The highest BCUT2D eigenvalue weighted by atomic mass is 16.6. The second-order valence-corrected chi connectivity index (χ2v) is 3.94. The molecule has 20 heavy (non-hydrogen) atoms. The monoisotopic (exact) mass is 273 g/mol. The SMILES string of the molecule is Cc1occc1C(=O)NN=Cc1cccc([N+](=O)[O-])c1. The first-order chi connectivity index (χ1) is 9.58. The number of nitrogens with one attached hydrogen (secondary N) is 1.